The Morgan fingerprint density at radius 2 is 1.21 bits per heavy atom. The number of rotatable bonds is 23. The summed E-state index contributed by atoms with van der Waals surface area (Å²) in [5, 5.41) is 20.5. The quantitative estimate of drug-likeness (QED) is 0.113. The maximum atomic E-state index is 11.8. The van der Waals surface area contributed by atoms with Crippen LogP contribution in [0.4, 0.5) is 0 Å². The van der Waals surface area contributed by atoms with Crippen LogP contribution < -0.4 is 5.73 Å². The largest absolute Gasteiger partial charge is 0.481 e. The molecule has 0 saturated carbocycles. The molecule has 5 heteroatoms. The molecule has 0 saturated heterocycles. The first-order valence-electron chi connectivity index (χ1n) is 16.8. The fourth-order valence-corrected chi connectivity index (χ4v) is 5.20. The number of carbonyl (C=O) groups is 1. The van der Waals surface area contributed by atoms with Crippen LogP contribution in [-0.4, -0.2) is 28.4 Å². The number of ether oxygens (including phenoxy) is 1. The minimum atomic E-state index is -0.885. The van der Waals surface area contributed by atoms with E-state index in [1.54, 1.807) is 0 Å². The lowest BCUT2D eigenvalue weighted by Gasteiger charge is -2.25. The van der Waals surface area contributed by atoms with E-state index in [0.717, 1.165) is 44.1 Å². The van der Waals surface area contributed by atoms with Crippen molar-refractivity contribution >= 4 is 5.97 Å². The Bertz CT molecular complexity index is 874. The molecule has 0 aliphatic rings. The number of aliphatic hydroxyl groups excluding tert-OH is 1. The molecule has 0 unspecified atom stereocenters. The summed E-state index contributed by atoms with van der Waals surface area (Å²) in [5.74, 6) is -1.59. The van der Waals surface area contributed by atoms with Gasteiger partial charge in [0.05, 0.1) is 24.7 Å². The van der Waals surface area contributed by atoms with Crippen LogP contribution in [0.5, 0.6) is 0 Å². The number of hydrogen-bond acceptors (Lipinski definition) is 4. The molecule has 5 nitrogen and oxygen atoms in total. The second kappa shape index (κ2) is 25.3. The van der Waals surface area contributed by atoms with Crippen molar-refractivity contribution in [2.24, 2.45) is 11.7 Å². The third kappa shape index (κ3) is 19.1. The normalized spacial score (nSPS) is 13.9. The average molecular weight is 584 g/mol. The van der Waals surface area contributed by atoms with E-state index < -0.39 is 18.0 Å². The van der Waals surface area contributed by atoms with E-state index in [-0.39, 0.29) is 12.1 Å². The molecule has 2 rings (SSSR count). The Kier molecular flexibility index (Phi) is 22.8. The first kappa shape index (κ1) is 37.8. The van der Waals surface area contributed by atoms with Crippen LogP contribution in [-0.2, 0) is 16.1 Å². The van der Waals surface area contributed by atoms with E-state index in [4.69, 9.17) is 10.5 Å². The first-order valence-corrected chi connectivity index (χ1v) is 16.8. The van der Waals surface area contributed by atoms with Gasteiger partial charge in [0.25, 0.3) is 0 Å². The molecule has 42 heavy (non-hydrogen) atoms. The number of benzene rings is 2. The number of aliphatic carboxylic acids is 1. The molecule has 0 aliphatic carbocycles. The van der Waals surface area contributed by atoms with Gasteiger partial charge in [0, 0.05) is 12.5 Å². The maximum Gasteiger partial charge on any atom is 0.309 e. The van der Waals surface area contributed by atoms with Gasteiger partial charge in [-0.05, 0) is 30.9 Å². The van der Waals surface area contributed by atoms with Gasteiger partial charge in [0.1, 0.15) is 0 Å². The predicted octanol–water partition coefficient (Wildman–Crippen LogP) is 9.62. The van der Waals surface area contributed by atoms with Crippen molar-refractivity contribution < 1.29 is 19.7 Å². The van der Waals surface area contributed by atoms with Crippen LogP contribution in [0.25, 0.3) is 0 Å². The number of carboxylic acids is 1. The zero-order chi connectivity index (χ0) is 30.8. The Morgan fingerprint density at radius 1 is 0.738 bits per heavy atom. The highest BCUT2D eigenvalue weighted by Gasteiger charge is 2.28. The fraction of sp³-hybridized carbons (Fsp3) is 0.649. The van der Waals surface area contributed by atoms with Gasteiger partial charge in [-0.2, -0.15) is 0 Å². The minimum Gasteiger partial charge on any atom is -0.481 e. The summed E-state index contributed by atoms with van der Waals surface area (Å²) in [7, 11) is 0. The summed E-state index contributed by atoms with van der Waals surface area (Å²) in [6.07, 6.45) is 16.4. The SMILES string of the molecule is CCCCCCCCCCC[C@H](C[C@H](O)[C@H](CCCCCC)C(=O)O)OCc1ccccc1.C[C@H](N)c1ccccc1. The lowest BCUT2D eigenvalue weighted by atomic mass is 9.90. The van der Waals surface area contributed by atoms with Gasteiger partial charge in [0.15, 0.2) is 0 Å². The second-order valence-corrected chi connectivity index (χ2v) is 11.8. The van der Waals surface area contributed by atoms with E-state index in [2.05, 4.69) is 13.8 Å². The van der Waals surface area contributed by atoms with E-state index in [1.165, 1.54) is 56.9 Å². The van der Waals surface area contributed by atoms with E-state index >= 15 is 0 Å². The van der Waals surface area contributed by atoms with Crippen LogP contribution in [0.1, 0.15) is 141 Å². The summed E-state index contributed by atoms with van der Waals surface area (Å²) < 4.78 is 6.19. The highest BCUT2D eigenvalue weighted by Crippen LogP contribution is 2.23. The van der Waals surface area contributed by atoms with Gasteiger partial charge < -0.3 is 20.7 Å². The molecule has 0 heterocycles. The summed E-state index contributed by atoms with van der Waals surface area (Å²) in [6, 6.07) is 20.3. The molecule has 0 spiro atoms. The van der Waals surface area contributed by atoms with E-state index in [9.17, 15) is 15.0 Å². The van der Waals surface area contributed by atoms with Crippen molar-refractivity contribution in [2.45, 2.75) is 148 Å². The van der Waals surface area contributed by atoms with Gasteiger partial charge in [-0.15, -0.1) is 0 Å². The molecule has 0 aliphatic heterocycles. The first-order chi connectivity index (χ1) is 20.4. The van der Waals surface area contributed by atoms with Crippen LogP contribution >= 0.6 is 0 Å². The topological polar surface area (TPSA) is 92.8 Å². The van der Waals surface area contributed by atoms with Gasteiger partial charge in [-0.1, -0.05) is 158 Å². The number of aliphatic hydroxyl groups is 1. The minimum absolute atomic E-state index is 0.109. The molecule has 4 N–H and O–H groups in total. The molecule has 4 atom stereocenters. The van der Waals surface area contributed by atoms with Crippen LogP contribution in [0.3, 0.4) is 0 Å². The molecule has 238 valence electrons. The van der Waals surface area contributed by atoms with Crippen LogP contribution in [0.2, 0.25) is 0 Å². The van der Waals surface area contributed by atoms with Crippen molar-refractivity contribution in [1.29, 1.82) is 0 Å². The van der Waals surface area contributed by atoms with E-state index in [0.29, 0.717) is 19.4 Å². The third-order valence-electron chi connectivity index (χ3n) is 7.94. The highest BCUT2D eigenvalue weighted by molar-refractivity contribution is 5.70. The molecule has 0 fully saturated rings. The smallest absolute Gasteiger partial charge is 0.309 e. The Morgan fingerprint density at radius 3 is 1.71 bits per heavy atom. The molecule has 0 aromatic heterocycles. The van der Waals surface area contributed by atoms with Crippen LogP contribution in [0.15, 0.2) is 60.7 Å². The van der Waals surface area contributed by atoms with Crippen molar-refractivity contribution in [3.63, 3.8) is 0 Å². The number of hydrogen-bond donors (Lipinski definition) is 3. The second-order valence-electron chi connectivity index (χ2n) is 11.8. The summed E-state index contributed by atoms with van der Waals surface area (Å²) in [6.45, 7) is 6.88. The monoisotopic (exact) mass is 583 g/mol. The highest BCUT2D eigenvalue weighted by atomic mass is 16.5. The molecular weight excluding hydrogens is 522 g/mol. The summed E-state index contributed by atoms with van der Waals surface area (Å²) >= 11 is 0. The van der Waals surface area contributed by atoms with E-state index in [1.807, 2.05) is 67.6 Å². The van der Waals surface area contributed by atoms with Crippen molar-refractivity contribution in [3.8, 4) is 0 Å². The lowest BCUT2D eigenvalue weighted by molar-refractivity contribution is -0.147. The zero-order valence-corrected chi connectivity index (χ0v) is 26.9. The zero-order valence-electron chi connectivity index (χ0n) is 26.9. The molecule has 0 amide bonds. The number of nitrogens with two attached hydrogens (primary N) is 1. The third-order valence-corrected chi connectivity index (χ3v) is 7.94. The lowest BCUT2D eigenvalue weighted by Crippen LogP contribution is -2.32. The Balaban J connectivity index is 0.000000827. The molecule has 2 aromatic rings. The van der Waals surface area contributed by atoms with Gasteiger partial charge in [-0.25, -0.2) is 0 Å². The molecular formula is C37H61NO4. The van der Waals surface area contributed by atoms with Gasteiger partial charge in [-0.3, -0.25) is 4.79 Å². The summed E-state index contributed by atoms with van der Waals surface area (Å²) in [4.78, 5) is 11.8. The van der Waals surface area contributed by atoms with Crippen LogP contribution in [0, 0.1) is 5.92 Å². The predicted molar refractivity (Wildman–Crippen MR) is 176 cm³/mol. The van der Waals surface area contributed by atoms with Crippen molar-refractivity contribution in [3.05, 3.63) is 71.8 Å². The molecule has 0 bridgehead atoms. The Labute approximate surface area is 257 Å². The number of unbranched alkanes of at least 4 members (excludes halogenated alkanes) is 11. The number of carboxylic acid groups (broad SMARTS) is 1. The Hall–Kier alpha value is -2.21. The average Bonchev–Trinajstić information content (AvgIpc) is 3.00. The van der Waals surface area contributed by atoms with Crippen molar-refractivity contribution in [2.75, 3.05) is 0 Å². The maximum absolute atomic E-state index is 11.8. The van der Waals surface area contributed by atoms with Crippen molar-refractivity contribution in [1.82, 2.24) is 0 Å². The standard InChI is InChI=1S/C29H50O4.C8H11N/c1-3-5-7-9-10-11-12-13-17-21-26(33-24-25-19-15-14-16-20-25)23-28(30)27(29(31)32)22-18-8-6-4-2;1-7(9)8-5-3-2-4-6-8/h14-16,19-20,26-28,30H,3-13,17-18,21-24H2,1-2H3,(H,31,32);2-7H,9H2,1H3/t26-,27+,28+;7-/m10/s1. The summed E-state index contributed by atoms with van der Waals surface area (Å²) in [5.41, 5.74) is 7.92. The van der Waals surface area contributed by atoms with Gasteiger partial charge >= 0.3 is 5.97 Å². The molecule has 2 aromatic carbocycles. The van der Waals surface area contributed by atoms with Gasteiger partial charge in [0.2, 0.25) is 0 Å². The molecule has 0 radical (unpaired) electrons. The fourth-order valence-electron chi connectivity index (χ4n) is 5.20.